The third-order valence-corrected chi connectivity index (χ3v) is 6.03. The van der Waals surface area contributed by atoms with Gasteiger partial charge in [0.2, 0.25) is 0 Å². The number of nitrogens with one attached hydrogen (secondary N) is 1. The first kappa shape index (κ1) is 25.8. The molecule has 3 aromatic rings. The molecule has 3 aromatic carbocycles. The summed E-state index contributed by atoms with van der Waals surface area (Å²) >= 11 is 0. The number of benzene rings is 3. The lowest BCUT2D eigenvalue weighted by Crippen LogP contribution is -2.50. The monoisotopic (exact) mass is 474 g/mol. The molecule has 0 aliphatic carbocycles. The Morgan fingerprint density at radius 3 is 2.17 bits per heavy atom. The molecule has 3 atom stereocenters. The van der Waals surface area contributed by atoms with Crippen LogP contribution >= 0.6 is 0 Å². The number of nitrogens with zero attached hydrogens (tertiary/aromatic N) is 1. The Labute approximate surface area is 205 Å². The highest BCUT2D eigenvalue weighted by Gasteiger charge is 2.34. The van der Waals surface area contributed by atoms with E-state index in [4.69, 9.17) is 0 Å². The summed E-state index contributed by atoms with van der Waals surface area (Å²) in [6.07, 6.45) is -2.39. The van der Waals surface area contributed by atoms with Crippen molar-refractivity contribution in [1.29, 1.82) is 0 Å². The molecule has 0 aliphatic heterocycles. The smallest absolute Gasteiger partial charge is 0.254 e. The molecule has 0 heterocycles. The van der Waals surface area contributed by atoms with E-state index >= 15 is 0 Å². The minimum atomic E-state index is -1.91. The van der Waals surface area contributed by atoms with Crippen molar-refractivity contribution in [2.75, 3.05) is 7.05 Å². The van der Waals surface area contributed by atoms with Crippen LogP contribution in [0.25, 0.3) is 11.1 Å². The van der Waals surface area contributed by atoms with E-state index < -0.39 is 24.0 Å². The van der Waals surface area contributed by atoms with Gasteiger partial charge in [-0.05, 0) is 28.7 Å². The second-order valence-corrected chi connectivity index (χ2v) is 8.29. The Morgan fingerprint density at radius 1 is 0.914 bits per heavy atom. The number of likely N-dealkylation sites (N-methyl/N-ethyl adjacent to an activating group) is 1. The van der Waals surface area contributed by atoms with Gasteiger partial charge >= 0.3 is 0 Å². The van der Waals surface area contributed by atoms with E-state index in [1.54, 1.807) is 31.3 Å². The number of carbonyl (C=O) groups excluding carboxylic acids is 3. The van der Waals surface area contributed by atoms with Gasteiger partial charge in [0.1, 0.15) is 0 Å². The Kier molecular flexibility index (Phi) is 8.89. The average molecular weight is 475 g/mol. The minimum Gasteiger partial charge on any atom is -0.380 e. The van der Waals surface area contributed by atoms with Crippen molar-refractivity contribution in [2.45, 2.75) is 38.1 Å². The maximum absolute atomic E-state index is 12.8. The largest absolute Gasteiger partial charge is 0.380 e. The highest BCUT2D eigenvalue weighted by atomic mass is 16.3. The zero-order chi connectivity index (χ0) is 25.4. The van der Waals surface area contributed by atoms with Crippen molar-refractivity contribution in [3.8, 4) is 11.1 Å². The average Bonchev–Trinajstić information content (AvgIpc) is 2.91. The van der Waals surface area contributed by atoms with Crippen LogP contribution < -0.4 is 5.32 Å². The Bertz CT molecular complexity index is 1150. The van der Waals surface area contributed by atoms with E-state index in [1.807, 2.05) is 61.5 Å². The van der Waals surface area contributed by atoms with Gasteiger partial charge in [0.15, 0.2) is 18.5 Å². The SMILES string of the molecule is CCC(c1ccccc1)N(C)C(=O)C(O)C(O)C(=O)NCc1ccc(-c2ccccc2C=O)cc1. The molecule has 0 aromatic heterocycles. The van der Waals surface area contributed by atoms with Crippen LogP contribution in [-0.4, -0.2) is 52.5 Å². The normalized spacial score (nSPS) is 13.4. The Balaban J connectivity index is 1.59. The van der Waals surface area contributed by atoms with Crippen molar-refractivity contribution < 1.29 is 24.6 Å². The molecule has 0 fully saturated rings. The van der Waals surface area contributed by atoms with Gasteiger partial charge in [0.25, 0.3) is 11.8 Å². The third kappa shape index (κ3) is 6.20. The first-order chi connectivity index (χ1) is 16.9. The number of aldehydes is 1. The molecule has 0 aliphatic rings. The van der Waals surface area contributed by atoms with E-state index in [1.165, 1.54) is 4.90 Å². The van der Waals surface area contributed by atoms with Crippen LogP contribution in [0.15, 0.2) is 78.9 Å². The standard InChI is InChI=1S/C28H30N2O5/c1-3-24(21-9-5-4-6-10-21)30(2)28(35)26(33)25(32)27(34)29-17-19-13-15-20(16-14-19)23-12-8-7-11-22(23)18-31/h4-16,18,24-26,32-33H,3,17H2,1-2H3,(H,29,34). The number of hydrogen-bond donors (Lipinski definition) is 3. The lowest BCUT2D eigenvalue weighted by Gasteiger charge is -2.30. The van der Waals surface area contributed by atoms with Gasteiger partial charge in [0.05, 0.1) is 6.04 Å². The number of carbonyl (C=O) groups is 3. The Hall–Kier alpha value is -3.81. The minimum absolute atomic E-state index is 0.101. The summed E-state index contributed by atoms with van der Waals surface area (Å²) < 4.78 is 0. The second kappa shape index (κ2) is 12.1. The fourth-order valence-corrected chi connectivity index (χ4v) is 4.01. The van der Waals surface area contributed by atoms with Crippen LogP contribution in [0.3, 0.4) is 0 Å². The number of aliphatic hydroxyl groups excluding tert-OH is 2. The molecule has 0 saturated carbocycles. The molecule has 3 N–H and O–H groups in total. The van der Waals surface area contributed by atoms with E-state index in [0.29, 0.717) is 12.0 Å². The molecular formula is C28H30N2O5. The molecule has 35 heavy (non-hydrogen) atoms. The number of amides is 2. The van der Waals surface area contributed by atoms with E-state index in [0.717, 1.165) is 28.5 Å². The molecule has 7 nitrogen and oxygen atoms in total. The molecule has 182 valence electrons. The van der Waals surface area contributed by atoms with Crippen LogP contribution in [0, 0.1) is 0 Å². The molecule has 7 heteroatoms. The first-order valence-corrected chi connectivity index (χ1v) is 11.5. The van der Waals surface area contributed by atoms with Crippen LogP contribution in [0.2, 0.25) is 0 Å². The zero-order valence-electron chi connectivity index (χ0n) is 19.8. The van der Waals surface area contributed by atoms with Crippen LogP contribution in [-0.2, 0) is 16.1 Å². The topological polar surface area (TPSA) is 107 Å². The summed E-state index contributed by atoms with van der Waals surface area (Å²) in [4.78, 5) is 37.8. The number of hydrogen-bond acceptors (Lipinski definition) is 5. The highest BCUT2D eigenvalue weighted by molar-refractivity contribution is 5.91. The number of aliphatic hydroxyl groups is 2. The maximum atomic E-state index is 12.8. The predicted octanol–water partition coefficient (Wildman–Crippen LogP) is 3.11. The summed E-state index contributed by atoms with van der Waals surface area (Å²) in [6.45, 7) is 2.02. The van der Waals surface area contributed by atoms with Gasteiger partial charge in [-0.1, -0.05) is 85.8 Å². The second-order valence-electron chi connectivity index (χ2n) is 8.29. The molecule has 0 saturated heterocycles. The Morgan fingerprint density at radius 2 is 1.54 bits per heavy atom. The summed E-state index contributed by atoms with van der Waals surface area (Å²) in [5, 5.41) is 23.3. The number of rotatable bonds is 10. The zero-order valence-corrected chi connectivity index (χ0v) is 19.8. The molecule has 0 radical (unpaired) electrons. The van der Waals surface area contributed by atoms with E-state index in [9.17, 15) is 24.6 Å². The lowest BCUT2D eigenvalue weighted by atomic mass is 9.99. The molecule has 2 amide bonds. The van der Waals surface area contributed by atoms with Gasteiger partial charge < -0.3 is 20.4 Å². The summed E-state index contributed by atoms with van der Waals surface area (Å²) in [5.41, 5.74) is 3.90. The molecule has 0 spiro atoms. The van der Waals surface area contributed by atoms with Gasteiger partial charge in [-0.2, -0.15) is 0 Å². The summed E-state index contributed by atoms with van der Waals surface area (Å²) in [6, 6.07) is 23.6. The van der Waals surface area contributed by atoms with Crippen molar-refractivity contribution in [2.24, 2.45) is 0 Å². The molecule has 0 bridgehead atoms. The third-order valence-electron chi connectivity index (χ3n) is 6.03. The fourth-order valence-electron chi connectivity index (χ4n) is 4.01. The fraction of sp³-hybridized carbons (Fsp3) is 0.250. The van der Waals surface area contributed by atoms with Crippen LogP contribution in [0.4, 0.5) is 0 Å². The molecule has 3 rings (SSSR count). The maximum Gasteiger partial charge on any atom is 0.254 e. The van der Waals surface area contributed by atoms with E-state index in [-0.39, 0.29) is 12.6 Å². The summed E-state index contributed by atoms with van der Waals surface area (Å²) in [5.74, 6) is -1.58. The highest BCUT2D eigenvalue weighted by Crippen LogP contribution is 2.24. The van der Waals surface area contributed by atoms with Crippen LogP contribution in [0.1, 0.15) is 40.9 Å². The quantitative estimate of drug-likeness (QED) is 0.392. The molecular weight excluding hydrogens is 444 g/mol. The van der Waals surface area contributed by atoms with Crippen LogP contribution in [0.5, 0.6) is 0 Å². The first-order valence-electron chi connectivity index (χ1n) is 11.5. The van der Waals surface area contributed by atoms with Gasteiger partial charge in [-0.15, -0.1) is 0 Å². The van der Waals surface area contributed by atoms with Crippen molar-refractivity contribution >= 4 is 18.1 Å². The molecule has 3 unspecified atom stereocenters. The van der Waals surface area contributed by atoms with Gasteiger partial charge in [0, 0.05) is 19.2 Å². The van der Waals surface area contributed by atoms with E-state index in [2.05, 4.69) is 5.32 Å². The predicted molar refractivity (Wildman–Crippen MR) is 133 cm³/mol. The van der Waals surface area contributed by atoms with Gasteiger partial charge in [-0.25, -0.2) is 0 Å². The lowest BCUT2D eigenvalue weighted by molar-refractivity contribution is -0.153. The van der Waals surface area contributed by atoms with Gasteiger partial charge in [-0.3, -0.25) is 14.4 Å². The van der Waals surface area contributed by atoms with Crippen molar-refractivity contribution in [3.63, 3.8) is 0 Å². The summed E-state index contributed by atoms with van der Waals surface area (Å²) in [7, 11) is 1.54. The van der Waals surface area contributed by atoms with Crippen molar-refractivity contribution in [3.05, 3.63) is 95.6 Å². The van der Waals surface area contributed by atoms with Crippen molar-refractivity contribution in [1.82, 2.24) is 10.2 Å².